The Morgan fingerprint density at radius 3 is 2.66 bits per heavy atom. The van der Waals surface area contributed by atoms with Crippen molar-refractivity contribution in [2.45, 2.75) is 45.6 Å². The number of methoxy groups -OCH3 is 1. The number of pyridine rings is 1. The smallest absolute Gasteiger partial charge is 0.340 e. The van der Waals surface area contributed by atoms with Crippen molar-refractivity contribution in [3.05, 3.63) is 41.0 Å². The van der Waals surface area contributed by atoms with Crippen molar-refractivity contribution in [2.24, 2.45) is 5.41 Å². The Labute approximate surface area is 210 Å². The van der Waals surface area contributed by atoms with Gasteiger partial charge in [-0.05, 0) is 69.7 Å². The number of aromatic amines is 1. The molecular formula is C27H32ClN3O4. The quantitative estimate of drug-likeness (QED) is 0.455. The fourth-order valence-corrected chi connectivity index (χ4v) is 5.43. The molecule has 0 amide bonds. The van der Waals surface area contributed by atoms with Gasteiger partial charge in [-0.3, -0.25) is 0 Å². The van der Waals surface area contributed by atoms with E-state index in [1.54, 1.807) is 13.3 Å². The summed E-state index contributed by atoms with van der Waals surface area (Å²) in [6, 6.07) is 7.76. The lowest BCUT2D eigenvalue weighted by Crippen LogP contribution is -2.33. The summed E-state index contributed by atoms with van der Waals surface area (Å²) in [5.41, 5.74) is 2.50. The highest BCUT2D eigenvalue weighted by molar-refractivity contribution is 6.34. The summed E-state index contributed by atoms with van der Waals surface area (Å²) in [4.78, 5) is 23.1. The molecule has 0 aliphatic carbocycles. The molecule has 0 atom stereocenters. The van der Waals surface area contributed by atoms with Crippen LogP contribution in [0.1, 0.15) is 50.4 Å². The van der Waals surface area contributed by atoms with Crippen molar-refractivity contribution in [2.75, 3.05) is 38.3 Å². The van der Waals surface area contributed by atoms with Gasteiger partial charge in [-0.15, -0.1) is 0 Å². The highest BCUT2D eigenvalue weighted by Crippen LogP contribution is 2.43. The fourth-order valence-electron chi connectivity index (χ4n) is 5.16. The van der Waals surface area contributed by atoms with E-state index in [4.69, 9.17) is 30.8 Å². The molecule has 2 aliphatic heterocycles. The summed E-state index contributed by atoms with van der Waals surface area (Å²) in [7, 11) is 1.62. The highest BCUT2D eigenvalue weighted by Gasteiger charge is 2.40. The molecule has 2 aliphatic rings. The van der Waals surface area contributed by atoms with E-state index in [0.29, 0.717) is 21.9 Å². The van der Waals surface area contributed by atoms with Crippen LogP contribution in [0.3, 0.4) is 0 Å². The second kappa shape index (κ2) is 9.03. The number of hydrogen-bond acceptors (Lipinski definition) is 6. The minimum atomic E-state index is -0.586. The lowest BCUT2D eigenvalue weighted by Gasteiger charge is -2.33. The highest BCUT2D eigenvalue weighted by atomic mass is 35.5. The Kier molecular flexibility index (Phi) is 6.18. The number of carbonyl (C=O) groups excluding carboxylic acids is 1. The van der Waals surface area contributed by atoms with Crippen LogP contribution < -0.4 is 9.64 Å². The first kappa shape index (κ1) is 23.9. The number of ether oxygens (including phenoxy) is 3. The van der Waals surface area contributed by atoms with Gasteiger partial charge in [0.1, 0.15) is 11.4 Å². The standard InChI is InChI=1S/C27H32ClN3O4/c1-26(2,3)35-25(32)20-15-29-22-14-21(28)18(13-19(20)22)17-5-6-23(30-24(17)33-4)31-10-7-27(16-31)8-11-34-12-9-27/h5-6,13-15,29H,7-12,16H2,1-4H3. The van der Waals surface area contributed by atoms with E-state index in [0.717, 1.165) is 73.4 Å². The minimum absolute atomic E-state index is 0.326. The van der Waals surface area contributed by atoms with Crippen molar-refractivity contribution < 1.29 is 19.0 Å². The number of halogens is 1. The van der Waals surface area contributed by atoms with E-state index in [2.05, 4.69) is 9.88 Å². The number of aromatic nitrogens is 2. The lowest BCUT2D eigenvalue weighted by molar-refractivity contribution is 0.00718. The summed E-state index contributed by atoms with van der Waals surface area (Å²) in [5, 5.41) is 1.29. The molecule has 35 heavy (non-hydrogen) atoms. The average Bonchev–Trinajstić information content (AvgIpc) is 3.41. The predicted octanol–water partition coefficient (Wildman–Crippen LogP) is 5.85. The number of esters is 1. The molecule has 0 unspecified atom stereocenters. The van der Waals surface area contributed by atoms with Crippen molar-refractivity contribution in [3.63, 3.8) is 0 Å². The molecule has 2 aromatic heterocycles. The number of nitrogens with zero attached hydrogens (tertiary/aromatic N) is 2. The van der Waals surface area contributed by atoms with Crippen LogP contribution in [0.2, 0.25) is 5.02 Å². The Morgan fingerprint density at radius 2 is 1.94 bits per heavy atom. The maximum Gasteiger partial charge on any atom is 0.340 e. The zero-order chi connectivity index (χ0) is 24.8. The molecule has 186 valence electrons. The maximum atomic E-state index is 12.8. The topological polar surface area (TPSA) is 76.7 Å². The summed E-state index contributed by atoms with van der Waals surface area (Å²) in [6.45, 7) is 9.20. The molecule has 1 N–H and O–H groups in total. The summed E-state index contributed by atoms with van der Waals surface area (Å²) < 4.78 is 16.9. The van der Waals surface area contributed by atoms with Crippen LogP contribution >= 0.6 is 11.6 Å². The largest absolute Gasteiger partial charge is 0.480 e. The zero-order valence-electron chi connectivity index (χ0n) is 20.7. The van der Waals surface area contributed by atoms with Crippen molar-refractivity contribution >= 4 is 34.3 Å². The monoisotopic (exact) mass is 497 g/mol. The Balaban J connectivity index is 1.48. The number of H-pyrrole nitrogens is 1. The first-order valence-corrected chi connectivity index (χ1v) is 12.5. The van der Waals surface area contributed by atoms with Gasteiger partial charge in [0.25, 0.3) is 0 Å². The second-order valence-electron chi connectivity index (χ2n) is 10.6. The second-order valence-corrected chi connectivity index (χ2v) is 11.0. The van der Waals surface area contributed by atoms with Crippen LogP contribution in [0.25, 0.3) is 22.0 Å². The van der Waals surface area contributed by atoms with Gasteiger partial charge in [-0.2, -0.15) is 4.98 Å². The number of rotatable bonds is 4. The molecule has 0 saturated carbocycles. The lowest BCUT2D eigenvalue weighted by atomic mass is 9.80. The number of carbonyl (C=O) groups is 1. The van der Waals surface area contributed by atoms with E-state index in [9.17, 15) is 4.79 Å². The molecule has 2 saturated heterocycles. The number of hydrogen-bond donors (Lipinski definition) is 1. The molecule has 3 aromatic rings. The first-order valence-electron chi connectivity index (χ1n) is 12.1. The van der Waals surface area contributed by atoms with E-state index in [1.165, 1.54) is 0 Å². The number of anilines is 1. The van der Waals surface area contributed by atoms with Crippen LogP contribution in [0.15, 0.2) is 30.5 Å². The molecule has 0 bridgehead atoms. The van der Waals surface area contributed by atoms with Gasteiger partial charge in [0, 0.05) is 54.5 Å². The summed E-state index contributed by atoms with van der Waals surface area (Å²) in [6.07, 6.45) is 5.03. The Bertz CT molecular complexity index is 1260. The van der Waals surface area contributed by atoms with E-state index < -0.39 is 5.60 Å². The van der Waals surface area contributed by atoms with Gasteiger partial charge in [0.15, 0.2) is 0 Å². The number of nitrogens with one attached hydrogen (secondary N) is 1. The molecule has 1 aromatic carbocycles. The Morgan fingerprint density at radius 1 is 1.17 bits per heavy atom. The van der Waals surface area contributed by atoms with Gasteiger partial charge >= 0.3 is 5.97 Å². The fraction of sp³-hybridized carbons (Fsp3) is 0.481. The van der Waals surface area contributed by atoms with Gasteiger partial charge in [0.05, 0.1) is 17.7 Å². The van der Waals surface area contributed by atoms with Crippen LogP contribution in [-0.2, 0) is 9.47 Å². The first-order chi connectivity index (χ1) is 16.7. The molecule has 0 radical (unpaired) electrons. The molecular weight excluding hydrogens is 466 g/mol. The third-order valence-corrected chi connectivity index (χ3v) is 7.35. The zero-order valence-corrected chi connectivity index (χ0v) is 21.5. The van der Waals surface area contributed by atoms with Crippen LogP contribution in [0.5, 0.6) is 5.88 Å². The van der Waals surface area contributed by atoms with E-state index in [1.807, 2.05) is 45.0 Å². The molecule has 7 nitrogen and oxygen atoms in total. The molecule has 5 rings (SSSR count). The molecule has 4 heterocycles. The Hall–Kier alpha value is -2.77. The maximum absolute atomic E-state index is 12.8. The average molecular weight is 498 g/mol. The molecule has 8 heteroatoms. The summed E-state index contributed by atoms with van der Waals surface area (Å²) in [5.74, 6) is 1.03. The normalized spacial score (nSPS) is 17.8. The van der Waals surface area contributed by atoms with E-state index in [-0.39, 0.29) is 5.97 Å². The minimum Gasteiger partial charge on any atom is -0.480 e. The summed E-state index contributed by atoms with van der Waals surface area (Å²) >= 11 is 6.68. The predicted molar refractivity (Wildman–Crippen MR) is 138 cm³/mol. The van der Waals surface area contributed by atoms with Crippen molar-refractivity contribution in [1.82, 2.24) is 9.97 Å². The molecule has 1 spiro atoms. The van der Waals surface area contributed by atoms with Crippen molar-refractivity contribution in [1.29, 1.82) is 0 Å². The van der Waals surface area contributed by atoms with Gasteiger partial charge in [-0.25, -0.2) is 4.79 Å². The van der Waals surface area contributed by atoms with Crippen LogP contribution in [0, 0.1) is 5.41 Å². The van der Waals surface area contributed by atoms with E-state index >= 15 is 0 Å². The third-order valence-electron chi connectivity index (χ3n) is 7.03. The van der Waals surface area contributed by atoms with Gasteiger partial charge in [-0.1, -0.05) is 11.6 Å². The van der Waals surface area contributed by atoms with Gasteiger partial charge < -0.3 is 24.1 Å². The third kappa shape index (κ3) is 4.71. The van der Waals surface area contributed by atoms with Crippen LogP contribution in [0.4, 0.5) is 5.82 Å². The SMILES string of the molecule is COc1nc(N2CCC3(CCOCC3)C2)ccc1-c1cc2c(C(=O)OC(C)(C)C)c[nH]c2cc1Cl. The number of benzene rings is 1. The van der Waals surface area contributed by atoms with Crippen molar-refractivity contribution in [3.8, 4) is 17.0 Å². The molecule has 2 fully saturated rings. The van der Waals surface area contributed by atoms with Gasteiger partial charge in [0.2, 0.25) is 5.88 Å². The number of fused-ring (bicyclic) bond motifs is 1. The van der Waals surface area contributed by atoms with Crippen LogP contribution in [-0.4, -0.2) is 55.0 Å².